The van der Waals surface area contributed by atoms with Gasteiger partial charge in [0.25, 0.3) is 5.91 Å². The van der Waals surface area contributed by atoms with Crippen LogP contribution in [0.3, 0.4) is 0 Å². The monoisotopic (exact) mass is 346 g/mol. The molecule has 2 amide bonds. The van der Waals surface area contributed by atoms with Gasteiger partial charge in [0.2, 0.25) is 5.91 Å². The minimum absolute atomic E-state index is 0.112. The number of amides is 2. The number of hydrogen-bond acceptors (Lipinski definition) is 4. The van der Waals surface area contributed by atoms with Gasteiger partial charge in [-0.2, -0.15) is 0 Å². The van der Waals surface area contributed by atoms with Crippen LogP contribution in [0.2, 0.25) is 0 Å². The molecule has 7 nitrogen and oxygen atoms in total. The lowest BCUT2D eigenvalue weighted by Crippen LogP contribution is -2.40. The Morgan fingerprint density at radius 3 is 2.56 bits per heavy atom. The summed E-state index contributed by atoms with van der Waals surface area (Å²) in [6, 6.07) is 6.15. The van der Waals surface area contributed by atoms with E-state index in [9.17, 15) is 19.5 Å². The molecule has 0 aliphatic carbocycles. The summed E-state index contributed by atoms with van der Waals surface area (Å²) in [4.78, 5) is 37.0. The molecule has 2 heterocycles. The molecule has 3 rings (SSSR count). The zero-order chi connectivity index (χ0) is 17.8. The maximum Gasteiger partial charge on any atom is 0.326 e. The highest BCUT2D eigenvalue weighted by atomic mass is 16.5. The number of carboxylic acids is 1. The summed E-state index contributed by atoms with van der Waals surface area (Å²) in [5, 5.41) is 12.0. The number of carbonyl (C=O) groups is 3. The first kappa shape index (κ1) is 17.4. The molecule has 134 valence electrons. The standard InChI is InChI=1S/C18H22N2O5/c21-16(15-4-2-10-25-15)19-11-12-5-7-13(8-6-12)17(22)20-9-1-3-14(20)18(23)24/h5-8,14-15H,1-4,9-11H2,(H,19,21)(H,23,24). The Hall–Kier alpha value is -2.41. The highest BCUT2D eigenvalue weighted by Gasteiger charge is 2.34. The Bertz CT molecular complexity index is 652. The molecule has 1 aromatic carbocycles. The van der Waals surface area contributed by atoms with Gasteiger partial charge in [-0.05, 0) is 43.4 Å². The number of likely N-dealkylation sites (tertiary alicyclic amines) is 1. The van der Waals surface area contributed by atoms with E-state index in [4.69, 9.17) is 4.74 Å². The molecule has 7 heteroatoms. The fourth-order valence-corrected chi connectivity index (χ4v) is 3.28. The van der Waals surface area contributed by atoms with Crippen LogP contribution in [-0.4, -0.2) is 53.1 Å². The van der Waals surface area contributed by atoms with Crippen molar-refractivity contribution in [2.75, 3.05) is 13.2 Å². The van der Waals surface area contributed by atoms with Gasteiger partial charge in [0.15, 0.2) is 0 Å². The molecule has 0 saturated carbocycles. The van der Waals surface area contributed by atoms with E-state index in [1.807, 2.05) is 0 Å². The number of benzene rings is 1. The second-order valence-corrected chi connectivity index (χ2v) is 6.41. The van der Waals surface area contributed by atoms with Crippen LogP contribution in [0.4, 0.5) is 0 Å². The number of carboxylic acid groups (broad SMARTS) is 1. The summed E-state index contributed by atoms with van der Waals surface area (Å²) >= 11 is 0. The van der Waals surface area contributed by atoms with Crippen molar-refractivity contribution in [3.8, 4) is 0 Å². The third-order valence-corrected chi connectivity index (χ3v) is 4.69. The van der Waals surface area contributed by atoms with Gasteiger partial charge in [0.1, 0.15) is 12.1 Å². The molecule has 0 bridgehead atoms. The van der Waals surface area contributed by atoms with Crippen LogP contribution in [0.25, 0.3) is 0 Å². The Labute approximate surface area is 146 Å². The zero-order valence-electron chi connectivity index (χ0n) is 13.9. The molecule has 2 atom stereocenters. The summed E-state index contributed by atoms with van der Waals surface area (Å²) in [5.41, 5.74) is 1.33. The van der Waals surface area contributed by atoms with E-state index in [2.05, 4.69) is 5.32 Å². The summed E-state index contributed by atoms with van der Waals surface area (Å²) in [5.74, 6) is -1.34. The lowest BCUT2D eigenvalue weighted by atomic mass is 10.1. The van der Waals surface area contributed by atoms with Gasteiger partial charge in [0, 0.05) is 25.3 Å². The molecule has 2 aliphatic heterocycles. The normalized spacial score (nSPS) is 22.8. The van der Waals surface area contributed by atoms with Crippen molar-refractivity contribution in [3.63, 3.8) is 0 Å². The van der Waals surface area contributed by atoms with E-state index < -0.39 is 12.0 Å². The van der Waals surface area contributed by atoms with Crippen LogP contribution in [-0.2, 0) is 20.9 Å². The molecule has 1 aromatic rings. The van der Waals surface area contributed by atoms with Crippen molar-refractivity contribution in [1.82, 2.24) is 10.2 Å². The maximum atomic E-state index is 12.5. The minimum Gasteiger partial charge on any atom is -0.480 e. The van der Waals surface area contributed by atoms with Crippen molar-refractivity contribution in [1.29, 1.82) is 0 Å². The summed E-state index contributed by atoms with van der Waals surface area (Å²) in [6.45, 7) is 1.46. The second kappa shape index (κ2) is 7.65. The van der Waals surface area contributed by atoms with Crippen LogP contribution in [0.1, 0.15) is 41.6 Å². The van der Waals surface area contributed by atoms with E-state index in [-0.39, 0.29) is 17.9 Å². The molecule has 0 aromatic heterocycles. The Balaban J connectivity index is 1.57. The number of aliphatic carboxylic acids is 1. The fraction of sp³-hybridized carbons (Fsp3) is 0.500. The van der Waals surface area contributed by atoms with Gasteiger partial charge >= 0.3 is 5.97 Å². The van der Waals surface area contributed by atoms with E-state index in [0.717, 1.165) is 18.4 Å². The topological polar surface area (TPSA) is 95.9 Å². The third kappa shape index (κ3) is 3.99. The second-order valence-electron chi connectivity index (χ2n) is 6.41. The van der Waals surface area contributed by atoms with Gasteiger partial charge in [-0.15, -0.1) is 0 Å². The Morgan fingerprint density at radius 1 is 1.16 bits per heavy atom. The van der Waals surface area contributed by atoms with Crippen LogP contribution in [0, 0.1) is 0 Å². The first-order valence-corrected chi connectivity index (χ1v) is 8.58. The molecular formula is C18H22N2O5. The largest absolute Gasteiger partial charge is 0.480 e. The van der Waals surface area contributed by atoms with Crippen LogP contribution in [0.5, 0.6) is 0 Å². The van der Waals surface area contributed by atoms with E-state index >= 15 is 0 Å². The van der Waals surface area contributed by atoms with Gasteiger partial charge in [-0.1, -0.05) is 12.1 Å². The van der Waals surface area contributed by atoms with Crippen LogP contribution < -0.4 is 5.32 Å². The summed E-state index contributed by atoms with van der Waals surface area (Å²) < 4.78 is 5.33. The van der Waals surface area contributed by atoms with Gasteiger partial charge in [-0.25, -0.2) is 4.79 Å². The summed E-state index contributed by atoms with van der Waals surface area (Å²) in [6.07, 6.45) is 2.50. The lowest BCUT2D eigenvalue weighted by molar-refractivity contribution is -0.141. The average molecular weight is 346 g/mol. The summed E-state index contributed by atoms with van der Waals surface area (Å²) in [7, 11) is 0. The number of hydrogen-bond donors (Lipinski definition) is 2. The molecule has 2 aliphatic rings. The Morgan fingerprint density at radius 2 is 1.92 bits per heavy atom. The van der Waals surface area contributed by atoms with Gasteiger partial charge < -0.3 is 20.1 Å². The smallest absolute Gasteiger partial charge is 0.326 e. The molecular weight excluding hydrogens is 324 g/mol. The number of rotatable bonds is 5. The van der Waals surface area contributed by atoms with Crippen molar-refractivity contribution in [3.05, 3.63) is 35.4 Å². The van der Waals surface area contributed by atoms with Crippen molar-refractivity contribution in [2.45, 2.75) is 44.4 Å². The SMILES string of the molecule is O=C(NCc1ccc(C(=O)N2CCCC2C(=O)O)cc1)C1CCCO1. The molecule has 2 unspecified atom stereocenters. The van der Waals surface area contributed by atoms with E-state index in [1.54, 1.807) is 24.3 Å². The average Bonchev–Trinajstić information content (AvgIpc) is 3.30. The predicted molar refractivity (Wildman–Crippen MR) is 89.0 cm³/mol. The van der Waals surface area contributed by atoms with Crippen LogP contribution in [0.15, 0.2) is 24.3 Å². The highest BCUT2D eigenvalue weighted by molar-refractivity contribution is 5.97. The number of ether oxygens (including phenoxy) is 1. The highest BCUT2D eigenvalue weighted by Crippen LogP contribution is 2.20. The minimum atomic E-state index is -0.959. The molecule has 0 spiro atoms. The number of carbonyl (C=O) groups excluding carboxylic acids is 2. The molecule has 2 N–H and O–H groups in total. The Kier molecular flexibility index (Phi) is 5.33. The lowest BCUT2D eigenvalue weighted by Gasteiger charge is -2.21. The fourth-order valence-electron chi connectivity index (χ4n) is 3.28. The van der Waals surface area contributed by atoms with E-state index in [0.29, 0.717) is 38.1 Å². The number of nitrogens with one attached hydrogen (secondary N) is 1. The van der Waals surface area contributed by atoms with Gasteiger partial charge in [0.05, 0.1) is 0 Å². The first-order valence-electron chi connectivity index (χ1n) is 8.58. The van der Waals surface area contributed by atoms with Crippen molar-refractivity contribution >= 4 is 17.8 Å². The predicted octanol–water partition coefficient (Wildman–Crippen LogP) is 1.17. The molecule has 25 heavy (non-hydrogen) atoms. The van der Waals surface area contributed by atoms with Crippen molar-refractivity contribution in [2.24, 2.45) is 0 Å². The zero-order valence-corrected chi connectivity index (χ0v) is 13.9. The molecule has 2 fully saturated rings. The maximum absolute atomic E-state index is 12.5. The van der Waals surface area contributed by atoms with E-state index in [1.165, 1.54) is 4.90 Å². The third-order valence-electron chi connectivity index (χ3n) is 4.69. The molecule has 2 saturated heterocycles. The van der Waals surface area contributed by atoms with Gasteiger partial charge in [-0.3, -0.25) is 9.59 Å². The van der Waals surface area contributed by atoms with Crippen molar-refractivity contribution < 1.29 is 24.2 Å². The van der Waals surface area contributed by atoms with Crippen LogP contribution >= 0.6 is 0 Å². The number of nitrogens with zero attached hydrogens (tertiary/aromatic N) is 1. The first-order chi connectivity index (χ1) is 12.1. The molecule has 0 radical (unpaired) electrons. The quantitative estimate of drug-likeness (QED) is 0.834.